The fraction of sp³-hybridized carbons (Fsp3) is 0.556. The van der Waals surface area contributed by atoms with Gasteiger partial charge in [-0.3, -0.25) is 0 Å². The maximum Gasteiger partial charge on any atom is 0.0489 e. The van der Waals surface area contributed by atoms with E-state index >= 15 is 0 Å². The molecule has 2 nitrogen and oxygen atoms in total. The largest absolute Gasteiger partial charge is 0.358 e. The zero-order valence-corrected chi connectivity index (χ0v) is 13.0. The summed E-state index contributed by atoms with van der Waals surface area (Å²) >= 11 is 0. The van der Waals surface area contributed by atoms with E-state index in [0.29, 0.717) is 0 Å². The highest BCUT2D eigenvalue weighted by atomic mass is 14.7. The summed E-state index contributed by atoms with van der Waals surface area (Å²) in [5.41, 5.74) is 13.3. The van der Waals surface area contributed by atoms with E-state index in [1.165, 1.54) is 65.4 Å². The van der Waals surface area contributed by atoms with Crippen molar-refractivity contribution < 1.29 is 0 Å². The van der Waals surface area contributed by atoms with E-state index in [1.54, 1.807) is 0 Å². The van der Waals surface area contributed by atoms with Crippen LogP contribution in [0.2, 0.25) is 0 Å². The molecule has 0 aliphatic heterocycles. The van der Waals surface area contributed by atoms with Crippen LogP contribution in [-0.4, -0.2) is 11.5 Å². The molecule has 0 amide bonds. The van der Waals surface area contributed by atoms with Crippen LogP contribution in [0.1, 0.15) is 54.5 Å². The molecular weight excluding hydrogens is 244 g/mol. The van der Waals surface area contributed by atoms with Crippen LogP contribution in [0.25, 0.3) is 10.9 Å². The molecule has 0 bridgehead atoms. The van der Waals surface area contributed by atoms with E-state index in [0.717, 1.165) is 6.54 Å². The quantitative estimate of drug-likeness (QED) is 0.841. The molecule has 3 rings (SSSR count). The SMILES string of the molecule is Cc1cc(C)c2[nH]c(C)c(C3(CN)CCCCC3)c2c1. The minimum Gasteiger partial charge on any atom is -0.358 e. The highest BCUT2D eigenvalue weighted by Gasteiger charge is 2.36. The predicted octanol–water partition coefficient (Wildman–Crippen LogP) is 4.25. The van der Waals surface area contributed by atoms with Crippen LogP contribution in [0.3, 0.4) is 0 Å². The van der Waals surface area contributed by atoms with Crippen LogP contribution < -0.4 is 5.73 Å². The molecule has 0 radical (unpaired) electrons. The van der Waals surface area contributed by atoms with Crippen molar-refractivity contribution >= 4 is 10.9 Å². The van der Waals surface area contributed by atoms with Crippen LogP contribution in [0.15, 0.2) is 12.1 Å². The van der Waals surface area contributed by atoms with E-state index in [9.17, 15) is 0 Å². The number of nitrogens with one attached hydrogen (secondary N) is 1. The van der Waals surface area contributed by atoms with Crippen LogP contribution in [0.4, 0.5) is 0 Å². The van der Waals surface area contributed by atoms with E-state index in [1.807, 2.05) is 0 Å². The second-order valence-electron chi connectivity index (χ2n) is 6.67. The van der Waals surface area contributed by atoms with E-state index in [-0.39, 0.29) is 5.41 Å². The number of rotatable bonds is 2. The Labute approximate surface area is 121 Å². The first kappa shape index (κ1) is 13.7. The second-order valence-corrected chi connectivity index (χ2v) is 6.67. The van der Waals surface area contributed by atoms with Crippen molar-refractivity contribution in [3.8, 4) is 0 Å². The Bertz CT molecular complexity index is 630. The molecule has 2 aromatic rings. The van der Waals surface area contributed by atoms with Gasteiger partial charge in [-0.25, -0.2) is 0 Å². The van der Waals surface area contributed by atoms with E-state index in [2.05, 4.69) is 37.9 Å². The van der Waals surface area contributed by atoms with Gasteiger partial charge in [0.1, 0.15) is 0 Å². The fourth-order valence-electron chi connectivity index (χ4n) is 4.25. The Hall–Kier alpha value is -1.28. The van der Waals surface area contributed by atoms with Gasteiger partial charge in [0.15, 0.2) is 0 Å². The third-order valence-corrected chi connectivity index (χ3v) is 5.17. The summed E-state index contributed by atoms with van der Waals surface area (Å²) in [6.07, 6.45) is 6.47. The number of H-pyrrole nitrogens is 1. The van der Waals surface area contributed by atoms with Crippen molar-refractivity contribution in [3.63, 3.8) is 0 Å². The first-order valence-corrected chi connectivity index (χ1v) is 7.87. The van der Waals surface area contributed by atoms with E-state index < -0.39 is 0 Å². The lowest BCUT2D eigenvalue weighted by Gasteiger charge is -2.37. The molecule has 0 spiro atoms. The Balaban J connectivity index is 2.26. The average molecular weight is 270 g/mol. The third kappa shape index (κ3) is 1.98. The fourth-order valence-corrected chi connectivity index (χ4v) is 4.25. The lowest BCUT2D eigenvalue weighted by molar-refractivity contribution is 0.302. The molecule has 1 saturated carbocycles. The van der Waals surface area contributed by atoms with Gasteiger partial charge in [-0.1, -0.05) is 30.9 Å². The minimum atomic E-state index is 0.195. The molecule has 1 aliphatic carbocycles. The highest BCUT2D eigenvalue weighted by Crippen LogP contribution is 2.43. The molecular formula is C18H26N2. The van der Waals surface area contributed by atoms with Crippen molar-refractivity contribution in [2.24, 2.45) is 5.73 Å². The second kappa shape index (κ2) is 4.92. The number of nitrogens with two attached hydrogens (primary N) is 1. The van der Waals surface area contributed by atoms with E-state index in [4.69, 9.17) is 5.73 Å². The molecule has 108 valence electrons. The van der Waals surface area contributed by atoms with Crippen molar-refractivity contribution in [2.45, 2.75) is 58.3 Å². The smallest absolute Gasteiger partial charge is 0.0489 e. The zero-order chi connectivity index (χ0) is 14.3. The minimum absolute atomic E-state index is 0.195. The van der Waals surface area contributed by atoms with Crippen molar-refractivity contribution in [1.29, 1.82) is 0 Å². The molecule has 1 heterocycles. The van der Waals surface area contributed by atoms with Crippen LogP contribution in [0.5, 0.6) is 0 Å². The lowest BCUT2D eigenvalue weighted by Crippen LogP contribution is -2.37. The number of hydrogen-bond donors (Lipinski definition) is 2. The number of aryl methyl sites for hydroxylation is 3. The van der Waals surface area contributed by atoms with Gasteiger partial charge in [0.2, 0.25) is 0 Å². The summed E-state index contributed by atoms with van der Waals surface area (Å²) in [5.74, 6) is 0. The Kier molecular flexibility index (Phi) is 3.37. The molecule has 0 saturated heterocycles. The van der Waals surface area contributed by atoms with Crippen molar-refractivity contribution in [2.75, 3.05) is 6.54 Å². The first-order chi connectivity index (χ1) is 9.57. The summed E-state index contributed by atoms with van der Waals surface area (Å²) in [6, 6.07) is 4.60. The number of aromatic amines is 1. The van der Waals surface area contributed by atoms with Crippen LogP contribution >= 0.6 is 0 Å². The Morgan fingerprint density at radius 1 is 1.10 bits per heavy atom. The summed E-state index contributed by atoms with van der Waals surface area (Å²) in [5, 5.41) is 1.41. The molecule has 0 atom stereocenters. The number of aromatic nitrogens is 1. The van der Waals surface area contributed by atoms with Gasteiger partial charge in [0, 0.05) is 28.6 Å². The summed E-state index contributed by atoms with van der Waals surface area (Å²) in [6.45, 7) is 7.38. The first-order valence-electron chi connectivity index (χ1n) is 7.87. The van der Waals surface area contributed by atoms with Crippen molar-refractivity contribution in [1.82, 2.24) is 4.98 Å². The summed E-state index contributed by atoms with van der Waals surface area (Å²) in [7, 11) is 0. The van der Waals surface area contributed by atoms with Gasteiger partial charge in [0.25, 0.3) is 0 Å². The summed E-state index contributed by atoms with van der Waals surface area (Å²) < 4.78 is 0. The summed E-state index contributed by atoms with van der Waals surface area (Å²) in [4.78, 5) is 3.62. The molecule has 1 aromatic carbocycles. The molecule has 1 fully saturated rings. The lowest BCUT2D eigenvalue weighted by atomic mass is 9.68. The van der Waals surface area contributed by atoms with Gasteiger partial charge in [-0.15, -0.1) is 0 Å². The maximum absolute atomic E-state index is 6.25. The Morgan fingerprint density at radius 3 is 2.45 bits per heavy atom. The molecule has 0 unspecified atom stereocenters. The van der Waals surface area contributed by atoms with Gasteiger partial charge in [0.05, 0.1) is 0 Å². The van der Waals surface area contributed by atoms with Crippen molar-refractivity contribution in [3.05, 3.63) is 34.5 Å². The average Bonchev–Trinajstić information content (AvgIpc) is 2.77. The molecule has 2 heteroatoms. The highest BCUT2D eigenvalue weighted by molar-refractivity contribution is 5.89. The molecule has 1 aromatic heterocycles. The molecule has 1 aliphatic rings. The standard InChI is InChI=1S/C18H26N2/c1-12-9-13(2)17-15(10-12)16(14(3)20-17)18(11-19)7-5-4-6-8-18/h9-10,20H,4-8,11,19H2,1-3H3. The molecule has 20 heavy (non-hydrogen) atoms. The molecule has 3 N–H and O–H groups in total. The third-order valence-electron chi connectivity index (χ3n) is 5.17. The van der Waals surface area contributed by atoms with Gasteiger partial charge < -0.3 is 10.7 Å². The van der Waals surface area contributed by atoms with Gasteiger partial charge in [-0.05, 0) is 50.8 Å². The number of hydrogen-bond acceptors (Lipinski definition) is 1. The van der Waals surface area contributed by atoms with Crippen LogP contribution in [-0.2, 0) is 5.41 Å². The zero-order valence-electron chi connectivity index (χ0n) is 13.0. The van der Waals surface area contributed by atoms with Gasteiger partial charge in [-0.2, -0.15) is 0 Å². The number of benzene rings is 1. The monoisotopic (exact) mass is 270 g/mol. The Morgan fingerprint density at radius 2 is 1.80 bits per heavy atom. The topological polar surface area (TPSA) is 41.8 Å². The van der Waals surface area contributed by atoms with Crippen LogP contribution in [0, 0.1) is 20.8 Å². The predicted molar refractivity (Wildman–Crippen MR) is 86.3 cm³/mol. The van der Waals surface area contributed by atoms with Gasteiger partial charge >= 0.3 is 0 Å². The normalized spacial score (nSPS) is 18.6. The maximum atomic E-state index is 6.25. The number of fused-ring (bicyclic) bond motifs is 1.